The van der Waals surface area contributed by atoms with Crippen LogP contribution in [-0.4, -0.2) is 30.6 Å². The summed E-state index contributed by atoms with van der Waals surface area (Å²) in [7, 11) is 1.79. The van der Waals surface area contributed by atoms with Crippen molar-refractivity contribution in [2.45, 2.75) is 52.0 Å². The summed E-state index contributed by atoms with van der Waals surface area (Å²) in [5.74, 6) is 0. The van der Waals surface area contributed by atoms with Gasteiger partial charge in [-0.3, -0.25) is 0 Å². The maximum atomic E-state index is 9.36. The molecule has 0 spiro atoms. The molecule has 0 bridgehead atoms. The predicted octanol–water partition coefficient (Wildman–Crippen LogP) is 1.65. The van der Waals surface area contributed by atoms with Crippen molar-refractivity contribution in [3.63, 3.8) is 0 Å². The Hall–Kier alpha value is -0.0151. The van der Waals surface area contributed by atoms with Gasteiger partial charge in [-0.1, -0.05) is 13.7 Å². The molecule has 0 amide bonds. The van der Waals surface area contributed by atoms with Gasteiger partial charge in [0.2, 0.25) is 0 Å². The first-order chi connectivity index (χ1) is 5.52. The number of hydrogen-bond acceptors (Lipinski definition) is 2. The minimum atomic E-state index is -0.350. The van der Waals surface area contributed by atoms with Gasteiger partial charge in [-0.15, -0.1) is 0 Å². The Labute approximate surface area is 76.6 Å². The molecule has 0 aliphatic carbocycles. The normalized spacial score (nSPS) is 14.4. The molecule has 0 saturated heterocycles. The maximum absolute atomic E-state index is 9.36. The quantitative estimate of drug-likeness (QED) is 0.615. The van der Waals surface area contributed by atoms with Crippen LogP contribution in [0.3, 0.4) is 0 Å². The van der Waals surface area contributed by atoms with E-state index in [1.165, 1.54) is 0 Å². The summed E-state index contributed by atoms with van der Waals surface area (Å²) in [6.45, 7) is 8.73. The molecule has 1 radical (unpaired) electrons. The lowest BCUT2D eigenvalue weighted by Gasteiger charge is -2.27. The van der Waals surface area contributed by atoms with Gasteiger partial charge in [0.15, 0.2) is 0 Å². The SMILES string of the molecule is C[B]C(O)CC(C)(C)OCCC. The molecule has 0 saturated carbocycles. The fraction of sp³-hybridized carbons (Fsp3) is 1.00. The zero-order chi connectivity index (χ0) is 9.61. The molecule has 0 aromatic rings. The molecule has 12 heavy (non-hydrogen) atoms. The Bertz CT molecular complexity index is 115. The average molecular weight is 171 g/mol. The molecule has 0 aliphatic heterocycles. The average Bonchev–Trinajstić information content (AvgIpc) is 2.00. The van der Waals surface area contributed by atoms with E-state index in [1.54, 1.807) is 7.28 Å². The lowest BCUT2D eigenvalue weighted by atomic mass is 9.71. The van der Waals surface area contributed by atoms with E-state index in [4.69, 9.17) is 4.74 Å². The van der Waals surface area contributed by atoms with Gasteiger partial charge in [-0.2, -0.15) is 0 Å². The minimum Gasteiger partial charge on any atom is -0.402 e. The van der Waals surface area contributed by atoms with Gasteiger partial charge in [0.05, 0.1) is 5.60 Å². The highest BCUT2D eigenvalue weighted by atomic mass is 16.5. The number of ether oxygens (including phenoxy) is 1. The van der Waals surface area contributed by atoms with Crippen LogP contribution in [-0.2, 0) is 4.74 Å². The standard InChI is InChI=1S/C9H20BO2/c1-5-6-12-9(2,3)7-8(11)10-4/h8,11H,5-7H2,1-4H3. The van der Waals surface area contributed by atoms with Gasteiger partial charge >= 0.3 is 0 Å². The summed E-state index contributed by atoms with van der Waals surface area (Å²) in [4.78, 5) is 0. The summed E-state index contributed by atoms with van der Waals surface area (Å²) in [5.41, 5.74) is -0.206. The van der Waals surface area contributed by atoms with Crippen LogP contribution < -0.4 is 0 Å². The molecule has 1 unspecified atom stereocenters. The Kier molecular flexibility index (Phi) is 5.59. The Balaban J connectivity index is 3.69. The summed E-state index contributed by atoms with van der Waals surface area (Å²) in [6, 6.07) is -0.350. The van der Waals surface area contributed by atoms with Gasteiger partial charge in [0, 0.05) is 12.6 Å². The topological polar surface area (TPSA) is 29.5 Å². The largest absolute Gasteiger partial charge is 0.402 e. The third kappa shape index (κ3) is 5.61. The smallest absolute Gasteiger partial charge is 0.145 e. The molecule has 1 atom stereocenters. The van der Waals surface area contributed by atoms with Crippen molar-refractivity contribution < 1.29 is 9.84 Å². The predicted molar refractivity (Wildman–Crippen MR) is 52.6 cm³/mol. The van der Waals surface area contributed by atoms with E-state index in [0.717, 1.165) is 13.0 Å². The van der Waals surface area contributed by atoms with Crippen LogP contribution in [0.25, 0.3) is 0 Å². The molecule has 0 heterocycles. The van der Waals surface area contributed by atoms with Crippen LogP contribution in [0.2, 0.25) is 6.82 Å². The second-order valence-electron chi connectivity index (χ2n) is 3.71. The lowest BCUT2D eigenvalue weighted by molar-refractivity contribution is -0.0378. The highest BCUT2D eigenvalue weighted by Crippen LogP contribution is 2.16. The third-order valence-electron chi connectivity index (χ3n) is 1.78. The highest BCUT2D eigenvalue weighted by molar-refractivity contribution is 6.35. The van der Waals surface area contributed by atoms with Crippen molar-refractivity contribution in [1.82, 2.24) is 0 Å². The van der Waals surface area contributed by atoms with E-state index in [1.807, 2.05) is 20.7 Å². The molecule has 3 heteroatoms. The van der Waals surface area contributed by atoms with E-state index in [2.05, 4.69) is 6.92 Å². The van der Waals surface area contributed by atoms with Crippen molar-refractivity contribution in [3.8, 4) is 0 Å². The second kappa shape index (κ2) is 5.60. The van der Waals surface area contributed by atoms with Crippen molar-refractivity contribution in [1.29, 1.82) is 0 Å². The van der Waals surface area contributed by atoms with Gasteiger partial charge in [0.1, 0.15) is 7.28 Å². The Morgan fingerprint density at radius 2 is 2.08 bits per heavy atom. The van der Waals surface area contributed by atoms with Crippen LogP contribution in [0.1, 0.15) is 33.6 Å². The summed E-state index contributed by atoms with van der Waals surface area (Å²) in [5, 5.41) is 9.36. The molecular formula is C9H20BO2. The van der Waals surface area contributed by atoms with Gasteiger partial charge in [-0.05, 0) is 26.7 Å². The monoisotopic (exact) mass is 171 g/mol. The number of hydrogen-bond donors (Lipinski definition) is 1. The zero-order valence-electron chi connectivity index (χ0n) is 8.63. The zero-order valence-corrected chi connectivity index (χ0v) is 8.63. The Morgan fingerprint density at radius 1 is 1.50 bits per heavy atom. The first-order valence-corrected chi connectivity index (χ1v) is 4.63. The van der Waals surface area contributed by atoms with Crippen molar-refractivity contribution >= 4 is 7.28 Å². The molecule has 2 nitrogen and oxygen atoms in total. The van der Waals surface area contributed by atoms with E-state index < -0.39 is 0 Å². The summed E-state index contributed by atoms with van der Waals surface area (Å²) in [6.07, 6.45) is 1.69. The van der Waals surface area contributed by atoms with Crippen LogP contribution >= 0.6 is 0 Å². The lowest BCUT2D eigenvalue weighted by Crippen LogP contribution is -2.32. The van der Waals surface area contributed by atoms with Crippen LogP contribution in [0.15, 0.2) is 0 Å². The number of rotatable bonds is 6. The molecule has 0 aromatic carbocycles. The van der Waals surface area contributed by atoms with Crippen LogP contribution in [0.5, 0.6) is 0 Å². The van der Waals surface area contributed by atoms with E-state index in [9.17, 15) is 5.11 Å². The summed E-state index contributed by atoms with van der Waals surface area (Å²) < 4.78 is 5.57. The van der Waals surface area contributed by atoms with Gasteiger partial charge < -0.3 is 9.84 Å². The highest BCUT2D eigenvalue weighted by Gasteiger charge is 2.21. The second-order valence-corrected chi connectivity index (χ2v) is 3.71. The molecule has 0 aliphatic rings. The van der Waals surface area contributed by atoms with Crippen LogP contribution in [0.4, 0.5) is 0 Å². The van der Waals surface area contributed by atoms with Crippen molar-refractivity contribution in [2.75, 3.05) is 6.61 Å². The first kappa shape index (κ1) is 12.0. The first-order valence-electron chi connectivity index (χ1n) is 4.63. The van der Waals surface area contributed by atoms with Gasteiger partial charge in [-0.25, -0.2) is 0 Å². The molecular weight excluding hydrogens is 151 g/mol. The fourth-order valence-corrected chi connectivity index (χ4v) is 1.06. The summed E-state index contributed by atoms with van der Waals surface area (Å²) >= 11 is 0. The van der Waals surface area contributed by atoms with Gasteiger partial charge in [0.25, 0.3) is 0 Å². The number of aliphatic hydroxyl groups excluding tert-OH is 1. The van der Waals surface area contributed by atoms with E-state index in [-0.39, 0.29) is 11.6 Å². The maximum Gasteiger partial charge on any atom is 0.145 e. The Morgan fingerprint density at radius 3 is 2.50 bits per heavy atom. The molecule has 0 rings (SSSR count). The third-order valence-corrected chi connectivity index (χ3v) is 1.78. The number of aliphatic hydroxyl groups is 1. The molecule has 0 aromatic heterocycles. The molecule has 0 fully saturated rings. The van der Waals surface area contributed by atoms with Crippen molar-refractivity contribution in [3.05, 3.63) is 0 Å². The molecule has 1 N–H and O–H groups in total. The minimum absolute atomic E-state index is 0.206. The van der Waals surface area contributed by atoms with Crippen molar-refractivity contribution in [2.24, 2.45) is 0 Å². The van der Waals surface area contributed by atoms with E-state index in [0.29, 0.717) is 6.42 Å². The van der Waals surface area contributed by atoms with E-state index >= 15 is 0 Å². The van der Waals surface area contributed by atoms with Crippen LogP contribution in [0, 0.1) is 0 Å². The fourth-order valence-electron chi connectivity index (χ4n) is 1.06. The molecule has 71 valence electrons.